The van der Waals surface area contributed by atoms with Gasteiger partial charge in [-0.05, 0) is 24.6 Å². The number of benzene rings is 1. The summed E-state index contributed by atoms with van der Waals surface area (Å²) in [5.41, 5.74) is 2.73. The zero-order valence-corrected chi connectivity index (χ0v) is 9.41. The van der Waals surface area contributed by atoms with E-state index in [-0.39, 0.29) is 24.2 Å². The fourth-order valence-electron chi connectivity index (χ4n) is 1.73. The average Bonchev–Trinajstić information content (AvgIpc) is 2.82. The van der Waals surface area contributed by atoms with Crippen LogP contribution in [0.15, 0.2) is 24.3 Å². The lowest BCUT2D eigenvalue weighted by molar-refractivity contribution is -0.136. The topological polar surface area (TPSA) is 50.4 Å². The van der Waals surface area contributed by atoms with E-state index in [9.17, 15) is 9.18 Å². The van der Waals surface area contributed by atoms with E-state index in [1.807, 2.05) is 0 Å². The van der Waals surface area contributed by atoms with Gasteiger partial charge < -0.3 is 5.32 Å². The summed E-state index contributed by atoms with van der Waals surface area (Å²) in [7, 11) is 0. The third-order valence-corrected chi connectivity index (χ3v) is 2.66. The Morgan fingerprint density at radius 2 is 2.35 bits per heavy atom. The molecule has 4 nitrogen and oxygen atoms in total. The second-order valence-corrected chi connectivity index (χ2v) is 4.03. The summed E-state index contributed by atoms with van der Waals surface area (Å²) < 4.78 is 13.3. The van der Waals surface area contributed by atoms with E-state index in [2.05, 4.69) is 10.8 Å². The summed E-state index contributed by atoms with van der Waals surface area (Å²) in [6, 6.07) is 6.22. The van der Waals surface area contributed by atoms with Gasteiger partial charge in [0.05, 0.1) is 12.5 Å². The number of carbonyl (C=O) groups excluding carboxylic acids is 1. The minimum atomic E-state index is -0.370. The molecular weight excluding hydrogens is 223 g/mol. The first-order valence-electron chi connectivity index (χ1n) is 5.64. The number of hydrogen-bond donors (Lipinski definition) is 2. The van der Waals surface area contributed by atoms with Crippen molar-refractivity contribution in [1.82, 2.24) is 10.8 Å². The Labute approximate surface area is 99.1 Å². The summed E-state index contributed by atoms with van der Waals surface area (Å²) in [4.78, 5) is 16.7. The molecule has 0 bridgehead atoms. The van der Waals surface area contributed by atoms with Gasteiger partial charge in [0, 0.05) is 6.54 Å². The highest BCUT2D eigenvalue weighted by atomic mass is 19.1. The van der Waals surface area contributed by atoms with Crippen molar-refractivity contribution in [3.05, 3.63) is 35.6 Å². The van der Waals surface area contributed by atoms with E-state index in [1.54, 1.807) is 18.2 Å². The van der Waals surface area contributed by atoms with Gasteiger partial charge in [-0.25, -0.2) is 9.87 Å². The molecule has 1 unspecified atom stereocenters. The van der Waals surface area contributed by atoms with Gasteiger partial charge in [-0.3, -0.25) is 9.63 Å². The second kappa shape index (κ2) is 5.75. The van der Waals surface area contributed by atoms with Crippen molar-refractivity contribution in [2.45, 2.75) is 18.9 Å². The third-order valence-electron chi connectivity index (χ3n) is 2.66. The van der Waals surface area contributed by atoms with Crippen LogP contribution in [0.3, 0.4) is 0 Å². The van der Waals surface area contributed by atoms with Crippen molar-refractivity contribution in [3.8, 4) is 0 Å². The van der Waals surface area contributed by atoms with Crippen molar-refractivity contribution in [3.63, 3.8) is 0 Å². The number of nitrogens with one attached hydrogen (secondary N) is 2. The molecule has 92 valence electrons. The molecule has 1 aliphatic heterocycles. The first-order valence-corrected chi connectivity index (χ1v) is 5.64. The Bertz CT molecular complexity index is 392. The van der Waals surface area contributed by atoms with Crippen LogP contribution in [0.25, 0.3) is 0 Å². The molecule has 5 heteroatoms. The summed E-state index contributed by atoms with van der Waals surface area (Å²) in [6.07, 6.45) is 0.881. The zero-order chi connectivity index (χ0) is 12.1. The maximum Gasteiger partial charge on any atom is 0.248 e. The molecule has 1 amide bonds. The van der Waals surface area contributed by atoms with Crippen molar-refractivity contribution in [2.75, 3.05) is 13.1 Å². The molecule has 1 heterocycles. The van der Waals surface area contributed by atoms with Crippen molar-refractivity contribution in [1.29, 1.82) is 0 Å². The predicted octanol–water partition coefficient (Wildman–Crippen LogP) is 0.778. The van der Waals surface area contributed by atoms with Gasteiger partial charge in [-0.2, -0.15) is 0 Å². The Morgan fingerprint density at radius 3 is 3.06 bits per heavy atom. The van der Waals surface area contributed by atoms with Crippen LogP contribution in [0.5, 0.6) is 0 Å². The Kier molecular flexibility index (Phi) is 4.06. The summed E-state index contributed by atoms with van der Waals surface area (Å²) in [5.74, 6) is -0.702. The maximum atomic E-state index is 13.3. The normalized spacial score (nSPS) is 19.2. The Hall–Kier alpha value is -1.46. The van der Waals surface area contributed by atoms with Crippen LogP contribution in [0.4, 0.5) is 4.39 Å². The average molecular weight is 238 g/mol. The largest absolute Gasteiger partial charge is 0.314 e. The summed E-state index contributed by atoms with van der Waals surface area (Å²) >= 11 is 0. The number of carbonyl (C=O) groups is 1. The second-order valence-electron chi connectivity index (χ2n) is 4.03. The molecule has 2 N–H and O–H groups in total. The first-order chi connectivity index (χ1) is 8.25. The molecule has 1 aromatic rings. The van der Waals surface area contributed by atoms with E-state index in [0.29, 0.717) is 5.56 Å². The smallest absolute Gasteiger partial charge is 0.248 e. The molecule has 0 radical (unpaired) electrons. The van der Waals surface area contributed by atoms with Gasteiger partial charge in [0.25, 0.3) is 0 Å². The molecule has 1 aliphatic rings. The lowest BCUT2D eigenvalue weighted by Gasteiger charge is -2.10. The summed E-state index contributed by atoms with van der Waals surface area (Å²) in [5, 5.41) is 3.12. The predicted molar refractivity (Wildman–Crippen MR) is 60.6 cm³/mol. The van der Waals surface area contributed by atoms with Crippen molar-refractivity contribution >= 4 is 5.91 Å². The maximum absolute atomic E-state index is 13.3. The van der Waals surface area contributed by atoms with Gasteiger partial charge in [-0.1, -0.05) is 18.2 Å². The molecule has 1 aromatic carbocycles. The molecule has 0 saturated carbocycles. The molecule has 0 aromatic heterocycles. The third kappa shape index (κ3) is 3.51. The highest BCUT2D eigenvalue weighted by Crippen LogP contribution is 2.07. The molecule has 0 spiro atoms. The fourth-order valence-corrected chi connectivity index (χ4v) is 1.73. The van der Waals surface area contributed by atoms with Crippen molar-refractivity contribution < 1.29 is 14.0 Å². The monoisotopic (exact) mass is 238 g/mol. The number of halogens is 1. The number of hydrogen-bond acceptors (Lipinski definition) is 3. The minimum absolute atomic E-state index is 0.00712. The molecule has 2 rings (SSSR count). The van der Waals surface area contributed by atoms with Gasteiger partial charge in [0.15, 0.2) is 0 Å². The van der Waals surface area contributed by atoms with Gasteiger partial charge in [0.1, 0.15) is 5.82 Å². The molecular formula is C12H15FN2O2. The van der Waals surface area contributed by atoms with Crippen LogP contribution < -0.4 is 10.8 Å². The number of amides is 1. The van der Waals surface area contributed by atoms with Crippen molar-refractivity contribution in [2.24, 2.45) is 0 Å². The van der Waals surface area contributed by atoms with E-state index in [1.165, 1.54) is 6.07 Å². The number of hydroxylamine groups is 1. The lowest BCUT2D eigenvalue weighted by Crippen LogP contribution is -2.31. The molecule has 1 atom stereocenters. The minimum Gasteiger partial charge on any atom is -0.314 e. The molecule has 1 fully saturated rings. The van der Waals surface area contributed by atoms with Crippen LogP contribution in [-0.4, -0.2) is 25.1 Å². The van der Waals surface area contributed by atoms with Crippen LogP contribution >= 0.6 is 0 Å². The van der Waals surface area contributed by atoms with E-state index >= 15 is 0 Å². The quantitative estimate of drug-likeness (QED) is 0.762. The Balaban J connectivity index is 1.79. The van der Waals surface area contributed by atoms with E-state index < -0.39 is 0 Å². The SMILES string of the molecule is O=C(Cc1ccccc1F)NOC1CCNC1. The van der Waals surface area contributed by atoms with Crippen LogP contribution in [0.2, 0.25) is 0 Å². The summed E-state index contributed by atoms with van der Waals surface area (Å²) in [6.45, 7) is 1.63. The number of rotatable bonds is 4. The molecule has 17 heavy (non-hydrogen) atoms. The highest BCUT2D eigenvalue weighted by molar-refractivity contribution is 5.77. The molecule has 1 saturated heterocycles. The van der Waals surface area contributed by atoms with E-state index in [4.69, 9.17) is 4.84 Å². The first kappa shape index (κ1) is 12.0. The van der Waals surface area contributed by atoms with Crippen LogP contribution in [-0.2, 0) is 16.1 Å². The highest BCUT2D eigenvalue weighted by Gasteiger charge is 2.16. The Morgan fingerprint density at radius 1 is 1.53 bits per heavy atom. The van der Waals surface area contributed by atoms with Gasteiger partial charge in [-0.15, -0.1) is 0 Å². The standard InChI is InChI=1S/C12H15FN2O2/c13-11-4-2-1-3-9(11)7-12(16)15-17-10-5-6-14-8-10/h1-4,10,14H,5-8H2,(H,15,16). The van der Waals surface area contributed by atoms with Crippen LogP contribution in [0, 0.1) is 5.82 Å². The molecule has 0 aliphatic carbocycles. The lowest BCUT2D eigenvalue weighted by atomic mass is 10.1. The fraction of sp³-hybridized carbons (Fsp3) is 0.417. The van der Waals surface area contributed by atoms with Gasteiger partial charge in [0.2, 0.25) is 5.91 Å². The van der Waals surface area contributed by atoms with Gasteiger partial charge >= 0.3 is 0 Å². The zero-order valence-electron chi connectivity index (χ0n) is 9.41. The van der Waals surface area contributed by atoms with Crippen LogP contribution in [0.1, 0.15) is 12.0 Å². The van der Waals surface area contributed by atoms with E-state index in [0.717, 1.165) is 19.5 Å².